The van der Waals surface area contributed by atoms with Crippen molar-refractivity contribution in [3.05, 3.63) is 35.9 Å². The van der Waals surface area contributed by atoms with Crippen LogP contribution in [0.5, 0.6) is 0 Å². The van der Waals surface area contributed by atoms with E-state index in [9.17, 15) is 19.6 Å². The number of benzene rings is 1. The van der Waals surface area contributed by atoms with E-state index in [-0.39, 0.29) is 5.91 Å². The molecule has 1 aromatic carbocycles. The molecule has 180 valence electrons. The maximum absolute atomic E-state index is 13.1. The highest BCUT2D eigenvalue weighted by Gasteiger charge is 2.38. The van der Waals surface area contributed by atoms with Crippen LogP contribution in [-0.4, -0.2) is 66.3 Å². The number of alkyl carbamates (subject to hydrolysis) is 1. The molecular weight excluding hydrogens is 424 g/mol. The first-order valence-electron chi connectivity index (χ1n) is 11.1. The van der Waals surface area contributed by atoms with E-state index in [1.54, 1.807) is 27.7 Å². The molecule has 1 aromatic rings. The number of amides is 2. The Balaban J connectivity index is 2.16. The molecule has 0 aliphatic carbocycles. The summed E-state index contributed by atoms with van der Waals surface area (Å²) in [5.74, 6) is -0.739. The van der Waals surface area contributed by atoms with Crippen LogP contribution in [0.25, 0.3) is 0 Å². The first-order valence-corrected chi connectivity index (χ1v) is 11.1. The Hall–Kier alpha value is -3.12. The summed E-state index contributed by atoms with van der Waals surface area (Å²) in [6, 6.07) is 8.70. The number of carbonyl (C=O) groups excluding carboxylic acids is 3. The quantitative estimate of drug-likeness (QED) is 0.573. The molecule has 9 heteroatoms. The van der Waals surface area contributed by atoms with Gasteiger partial charge in [0.15, 0.2) is 0 Å². The summed E-state index contributed by atoms with van der Waals surface area (Å²) in [5.41, 5.74) is 0.226. The van der Waals surface area contributed by atoms with Crippen LogP contribution in [-0.2, 0) is 25.5 Å². The Bertz CT molecular complexity index is 862. The van der Waals surface area contributed by atoms with Crippen LogP contribution < -0.4 is 10.6 Å². The molecule has 0 aromatic heterocycles. The van der Waals surface area contributed by atoms with Crippen LogP contribution in [0.1, 0.15) is 46.1 Å². The topological polar surface area (TPSA) is 121 Å². The molecule has 2 rings (SSSR count). The van der Waals surface area contributed by atoms with Gasteiger partial charge in [0, 0.05) is 6.54 Å². The summed E-state index contributed by atoms with van der Waals surface area (Å²) < 4.78 is 10.2. The highest BCUT2D eigenvalue weighted by Crippen LogP contribution is 2.20. The van der Waals surface area contributed by atoms with Gasteiger partial charge in [-0.05, 0) is 52.5 Å². The first kappa shape index (κ1) is 26.1. The van der Waals surface area contributed by atoms with Gasteiger partial charge in [-0.2, -0.15) is 5.26 Å². The van der Waals surface area contributed by atoms with Gasteiger partial charge < -0.3 is 19.7 Å². The van der Waals surface area contributed by atoms with Crippen molar-refractivity contribution in [2.24, 2.45) is 0 Å². The van der Waals surface area contributed by atoms with Gasteiger partial charge >= 0.3 is 12.1 Å². The molecule has 1 aliphatic rings. The normalized spacial score (nSPS) is 18.5. The molecule has 2 N–H and O–H groups in total. The summed E-state index contributed by atoms with van der Waals surface area (Å²) in [4.78, 5) is 39.0. The molecule has 0 unspecified atom stereocenters. The highest BCUT2D eigenvalue weighted by atomic mass is 16.6. The summed E-state index contributed by atoms with van der Waals surface area (Å²) in [5, 5.41) is 15.7. The van der Waals surface area contributed by atoms with Gasteiger partial charge in [0.05, 0.1) is 25.3 Å². The molecule has 33 heavy (non-hydrogen) atoms. The number of nitrogens with one attached hydrogen (secondary N) is 2. The predicted octanol–water partition coefficient (Wildman–Crippen LogP) is 2.16. The van der Waals surface area contributed by atoms with Crippen molar-refractivity contribution in [3.63, 3.8) is 0 Å². The van der Waals surface area contributed by atoms with Crippen molar-refractivity contribution >= 4 is 18.0 Å². The van der Waals surface area contributed by atoms with Crippen LogP contribution in [0.15, 0.2) is 30.3 Å². The lowest BCUT2D eigenvalue weighted by atomic mass is 9.99. The van der Waals surface area contributed by atoms with E-state index < -0.39 is 41.8 Å². The minimum Gasteiger partial charge on any atom is -0.467 e. The Morgan fingerprint density at radius 1 is 1.24 bits per heavy atom. The zero-order chi connectivity index (χ0) is 24.6. The molecule has 0 radical (unpaired) electrons. The van der Waals surface area contributed by atoms with Crippen molar-refractivity contribution in [2.75, 3.05) is 13.7 Å². The number of rotatable bonds is 8. The lowest BCUT2D eigenvalue weighted by Crippen LogP contribution is -2.57. The molecule has 1 heterocycles. The minimum atomic E-state index is -0.879. The SMILES string of the molecule is COC(=O)[C@@H]1CCCN1C(=O)[C@H](C)N[C@H](C#N)[C@H](Cc1ccccc1)NC(=O)OC(C)(C)C. The Kier molecular flexibility index (Phi) is 9.23. The molecular formula is C24H34N4O5. The summed E-state index contributed by atoms with van der Waals surface area (Å²) in [7, 11) is 1.30. The van der Waals surface area contributed by atoms with Crippen molar-refractivity contribution in [1.29, 1.82) is 5.26 Å². The molecule has 0 spiro atoms. The van der Waals surface area contributed by atoms with E-state index >= 15 is 0 Å². The van der Waals surface area contributed by atoms with Gasteiger partial charge in [0.25, 0.3) is 0 Å². The third-order valence-electron chi connectivity index (χ3n) is 5.35. The number of esters is 1. The number of ether oxygens (including phenoxy) is 2. The average Bonchev–Trinajstić information content (AvgIpc) is 3.25. The van der Waals surface area contributed by atoms with E-state index in [1.807, 2.05) is 30.3 Å². The third kappa shape index (κ3) is 7.75. The number of likely N-dealkylation sites (tertiary alicyclic amines) is 1. The van der Waals surface area contributed by atoms with Crippen molar-refractivity contribution in [2.45, 2.75) is 76.7 Å². The van der Waals surface area contributed by atoms with Crippen molar-refractivity contribution in [1.82, 2.24) is 15.5 Å². The summed E-state index contributed by atoms with van der Waals surface area (Å²) in [6.45, 7) is 7.37. The van der Waals surface area contributed by atoms with Crippen LogP contribution in [0, 0.1) is 11.3 Å². The van der Waals surface area contributed by atoms with Gasteiger partial charge in [0.2, 0.25) is 5.91 Å². The van der Waals surface area contributed by atoms with Gasteiger partial charge in [0.1, 0.15) is 17.7 Å². The van der Waals surface area contributed by atoms with Crippen LogP contribution in [0.4, 0.5) is 4.79 Å². The fraction of sp³-hybridized carbons (Fsp3) is 0.583. The van der Waals surface area contributed by atoms with Crippen LogP contribution in [0.3, 0.4) is 0 Å². The van der Waals surface area contributed by atoms with E-state index in [0.717, 1.165) is 5.56 Å². The summed E-state index contributed by atoms with van der Waals surface area (Å²) >= 11 is 0. The molecule has 1 saturated heterocycles. The maximum Gasteiger partial charge on any atom is 0.407 e. The van der Waals surface area contributed by atoms with Crippen LogP contribution >= 0.6 is 0 Å². The fourth-order valence-corrected chi connectivity index (χ4v) is 3.82. The number of hydrogen-bond acceptors (Lipinski definition) is 7. The number of carbonyl (C=O) groups is 3. The monoisotopic (exact) mass is 458 g/mol. The average molecular weight is 459 g/mol. The zero-order valence-corrected chi connectivity index (χ0v) is 20.0. The lowest BCUT2D eigenvalue weighted by Gasteiger charge is -2.30. The fourth-order valence-electron chi connectivity index (χ4n) is 3.82. The second-order valence-electron chi connectivity index (χ2n) is 9.15. The second-order valence-corrected chi connectivity index (χ2v) is 9.15. The van der Waals surface area contributed by atoms with Crippen molar-refractivity contribution < 1.29 is 23.9 Å². The molecule has 2 amide bonds. The number of hydrogen-bond donors (Lipinski definition) is 2. The van der Waals surface area contributed by atoms with E-state index in [0.29, 0.717) is 25.8 Å². The zero-order valence-electron chi connectivity index (χ0n) is 20.0. The Labute approximate surface area is 195 Å². The van der Waals surface area contributed by atoms with E-state index in [2.05, 4.69) is 16.7 Å². The van der Waals surface area contributed by atoms with Gasteiger partial charge in [-0.1, -0.05) is 30.3 Å². The first-order chi connectivity index (χ1) is 15.6. The predicted molar refractivity (Wildman–Crippen MR) is 122 cm³/mol. The molecule has 9 nitrogen and oxygen atoms in total. The Morgan fingerprint density at radius 2 is 1.91 bits per heavy atom. The molecule has 0 bridgehead atoms. The van der Waals surface area contributed by atoms with Crippen LogP contribution in [0.2, 0.25) is 0 Å². The van der Waals surface area contributed by atoms with Crippen molar-refractivity contribution in [3.8, 4) is 6.07 Å². The lowest BCUT2D eigenvalue weighted by molar-refractivity contribution is -0.151. The number of methoxy groups -OCH3 is 1. The van der Waals surface area contributed by atoms with Gasteiger partial charge in [-0.15, -0.1) is 0 Å². The highest BCUT2D eigenvalue weighted by molar-refractivity contribution is 5.88. The number of nitriles is 1. The largest absolute Gasteiger partial charge is 0.467 e. The third-order valence-corrected chi connectivity index (χ3v) is 5.35. The minimum absolute atomic E-state index is 0.293. The molecule has 0 saturated carbocycles. The second kappa shape index (κ2) is 11.7. The van der Waals surface area contributed by atoms with Gasteiger partial charge in [-0.25, -0.2) is 9.59 Å². The van der Waals surface area contributed by atoms with E-state index in [4.69, 9.17) is 9.47 Å². The molecule has 1 aliphatic heterocycles. The van der Waals surface area contributed by atoms with Gasteiger partial charge in [-0.3, -0.25) is 10.1 Å². The number of nitrogens with zero attached hydrogens (tertiary/aromatic N) is 2. The standard InChI is InChI=1S/C24H34N4O5/c1-16(21(29)28-13-9-12-20(28)22(30)32-5)26-19(15-25)18(14-17-10-7-6-8-11-17)27-23(31)33-24(2,3)4/h6-8,10-11,16,18-20,26H,9,12-14H2,1-5H3,(H,27,31)/t16-,18-,19+,20-/m0/s1. The molecule has 4 atom stereocenters. The summed E-state index contributed by atoms with van der Waals surface area (Å²) in [6.07, 6.45) is 0.968. The maximum atomic E-state index is 13.1. The smallest absolute Gasteiger partial charge is 0.407 e. The Morgan fingerprint density at radius 3 is 2.48 bits per heavy atom. The molecule has 1 fully saturated rings. The van der Waals surface area contributed by atoms with E-state index in [1.165, 1.54) is 12.0 Å².